The largest absolute Gasteiger partial charge is 0.489 e. The zero-order valence-electron chi connectivity index (χ0n) is 17.0. The van der Waals surface area contributed by atoms with Crippen LogP contribution in [0.2, 0.25) is 0 Å². The van der Waals surface area contributed by atoms with Gasteiger partial charge >= 0.3 is 0 Å². The lowest BCUT2D eigenvalue weighted by Crippen LogP contribution is -2.53. The predicted octanol–water partition coefficient (Wildman–Crippen LogP) is 4.01. The summed E-state index contributed by atoms with van der Waals surface area (Å²) in [5.41, 5.74) is 7.62. The Labute approximate surface area is 185 Å². The second kappa shape index (κ2) is 9.74. The van der Waals surface area contributed by atoms with Crippen molar-refractivity contribution < 1.29 is 18.3 Å². The first-order valence-corrected chi connectivity index (χ1v) is 9.77. The van der Waals surface area contributed by atoms with Crippen LogP contribution in [-0.4, -0.2) is 37.6 Å². The van der Waals surface area contributed by atoms with Crippen molar-refractivity contribution in [2.75, 3.05) is 31.7 Å². The normalized spacial score (nSPS) is 20.8. The number of nitrogens with zero attached hydrogens (tertiary/aromatic N) is 1. The molecule has 0 spiro atoms. The third-order valence-corrected chi connectivity index (χ3v) is 5.07. The molecule has 1 unspecified atom stereocenters. The van der Waals surface area contributed by atoms with Gasteiger partial charge in [0.15, 0.2) is 0 Å². The monoisotopic (exact) mass is 450 g/mol. The fraction of sp³-hybridized carbons (Fsp3) is 0.318. The van der Waals surface area contributed by atoms with Crippen molar-refractivity contribution in [3.63, 3.8) is 0 Å². The number of hydrogen-bond donors (Lipinski definition) is 3. The molecule has 0 amide bonds. The number of anilines is 2. The van der Waals surface area contributed by atoms with E-state index in [0.29, 0.717) is 30.1 Å². The van der Waals surface area contributed by atoms with E-state index in [4.69, 9.17) is 15.2 Å². The van der Waals surface area contributed by atoms with Crippen LogP contribution in [0.3, 0.4) is 0 Å². The van der Waals surface area contributed by atoms with Gasteiger partial charge in [-0.2, -0.15) is 0 Å². The minimum atomic E-state index is -0.876. The molecule has 2 aromatic carbocycles. The summed E-state index contributed by atoms with van der Waals surface area (Å²) >= 11 is 0. The standard InChI is InChI=1S/C22H24F2N4O2.ClH/c1-22(13-26-12-20(25)30-22)17-10-15(5-6-18(17)24)28-19-4-2-3-14-9-16(29-8-7-23)11-27-21(14)19;/h2-6,9-11,20,26,28H,7-8,12-13,25H2,1H3;1H/t20-,22?;/m1./s1. The summed E-state index contributed by atoms with van der Waals surface area (Å²) in [6.45, 7) is 2.23. The summed E-state index contributed by atoms with van der Waals surface area (Å²) in [6, 6.07) is 12.3. The van der Waals surface area contributed by atoms with Crippen LogP contribution in [0.15, 0.2) is 48.7 Å². The van der Waals surface area contributed by atoms with Crippen molar-refractivity contribution in [3.8, 4) is 5.75 Å². The summed E-state index contributed by atoms with van der Waals surface area (Å²) in [6.07, 6.45) is 1.05. The van der Waals surface area contributed by atoms with E-state index in [1.165, 1.54) is 6.07 Å². The summed E-state index contributed by atoms with van der Waals surface area (Å²) in [5, 5.41) is 7.33. The Balaban J connectivity index is 0.00000272. The molecule has 0 radical (unpaired) electrons. The lowest BCUT2D eigenvalue weighted by Gasteiger charge is -2.38. The molecule has 3 aromatic rings. The molecule has 0 aliphatic carbocycles. The van der Waals surface area contributed by atoms with Crippen molar-refractivity contribution in [1.82, 2.24) is 10.3 Å². The topological polar surface area (TPSA) is 81.4 Å². The molecular formula is C22H25ClF2N4O2. The van der Waals surface area contributed by atoms with E-state index in [1.807, 2.05) is 31.2 Å². The molecule has 1 saturated heterocycles. The maximum Gasteiger partial charge on any atom is 0.138 e. The van der Waals surface area contributed by atoms with Crippen LogP contribution < -0.4 is 21.1 Å². The van der Waals surface area contributed by atoms with Crippen molar-refractivity contribution in [2.45, 2.75) is 18.8 Å². The highest BCUT2D eigenvalue weighted by Crippen LogP contribution is 2.33. The van der Waals surface area contributed by atoms with Crippen LogP contribution >= 0.6 is 12.4 Å². The molecule has 9 heteroatoms. The van der Waals surface area contributed by atoms with Crippen molar-refractivity contribution in [2.24, 2.45) is 5.73 Å². The number of pyridine rings is 1. The SMILES string of the molecule is CC1(c2cc(Nc3cccc4cc(OCCF)cnc34)ccc2F)CNC[C@H](N)O1.Cl. The van der Waals surface area contributed by atoms with Gasteiger partial charge in [0.05, 0.1) is 17.4 Å². The van der Waals surface area contributed by atoms with Gasteiger partial charge in [0.25, 0.3) is 0 Å². The van der Waals surface area contributed by atoms with Crippen LogP contribution in [-0.2, 0) is 10.3 Å². The van der Waals surface area contributed by atoms with E-state index >= 15 is 0 Å². The molecule has 1 aromatic heterocycles. The summed E-state index contributed by atoms with van der Waals surface area (Å²) in [7, 11) is 0. The molecule has 4 rings (SSSR count). The number of fused-ring (bicyclic) bond motifs is 1. The van der Waals surface area contributed by atoms with Gasteiger partial charge in [0.2, 0.25) is 0 Å². The number of aromatic nitrogens is 1. The van der Waals surface area contributed by atoms with Crippen LogP contribution in [0.4, 0.5) is 20.2 Å². The number of halogens is 3. The quantitative estimate of drug-likeness (QED) is 0.526. The van der Waals surface area contributed by atoms with Crippen LogP contribution in [0.1, 0.15) is 12.5 Å². The van der Waals surface area contributed by atoms with E-state index in [1.54, 1.807) is 18.3 Å². The number of hydrogen-bond acceptors (Lipinski definition) is 6. The smallest absolute Gasteiger partial charge is 0.138 e. The highest BCUT2D eigenvalue weighted by molar-refractivity contribution is 5.92. The lowest BCUT2D eigenvalue weighted by atomic mass is 9.93. The van der Waals surface area contributed by atoms with Crippen LogP contribution in [0.5, 0.6) is 5.75 Å². The van der Waals surface area contributed by atoms with Gasteiger partial charge in [-0.3, -0.25) is 4.98 Å². The Morgan fingerprint density at radius 3 is 2.94 bits per heavy atom. The van der Waals surface area contributed by atoms with E-state index < -0.39 is 18.5 Å². The Morgan fingerprint density at radius 2 is 2.16 bits per heavy atom. The van der Waals surface area contributed by atoms with Gasteiger partial charge in [-0.05, 0) is 37.3 Å². The number of para-hydroxylation sites is 1. The molecule has 2 heterocycles. The number of alkyl halides is 1. The van der Waals surface area contributed by atoms with Gasteiger partial charge in [-0.1, -0.05) is 12.1 Å². The molecule has 4 N–H and O–H groups in total. The predicted molar refractivity (Wildman–Crippen MR) is 119 cm³/mol. The molecule has 0 saturated carbocycles. The highest BCUT2D eigenvalue weighted by atomic mass is 35.5. The second-order valence-electron chi connectivity index (χ2n) is 7.42. The minimum Gasteiger partial charge on any atom is -0.489 e. The molecule has 1 aliphatic rings. The lowest BCUT2D eigenvalue weighted by molar-refractivity contribution is -0.109. The first kappa shape index (κ1) is 23.1. The first-order chi connectivity index (χ1) is 14.5. The number of benzene rings is 2. The van der Waals surface area contributed by atoms with E-state index in [-0.39, 0.29) is 24.8 Å². The minimum absolute atomic E-state index is 0. The zero-order chi connectivity index (χ0) is 21.1. The number of nitrogens with one attached hydrogen (secondary N) is 2. The fourth-order valence-corrected chi connectivity index (χ4v) is 3.67. The molecule has 1 aliphatic heterocycles. The Kier molecular flexibility index (Phi) is 7.27. The van der Waals surface area contributed by atoms with Crippen molar-refractivity contribution in [1.29, 1.82) is 0 Å². The third kappa shape index (κ3) is 5.04. The maximum atomic E-state index is 14.6. The van der Waals surface area contributed by atoms with Crippen molar-refractivity contribution >= 4 is 34.7 Å². The summed E-state index contributed by atoms with van der Waals surface area (Å²) < 4.78 is 38.1. The van der Waals surface area contributed by atoms with Gasteiger partial charge in [-0.15, -0.1) is 12.4 Å². The molecule has 166 valence electrons. The molecule has 1 fully saturated rings. The second-order valence-corrected chi connectivity index (χ2v) is 7.42. The number of rotatable bonds is 6. The molecule has 2 atom stereocenters. The average Bonchev–Trinajstić information content (AvgIpc) is 2.73. The maximum absolute atomic E-state index is 14.6. The number of nitrogens with two attached hydrogens (primary N) is 1. The van der Waals surface area contributed by atoms with Crippen molar-refractivity contribution in [3.05, 3.63) is 60.0 Å². The highest BCUT2D eigenvalue weighted by Gasteiger charge is 2.35. The Hall–Kier alpha value is -2.52. The van der Waals surface area contributed by atoms with Gasteiger partial charge < -0.3 is 25.8 Å². The first-order valence-electron chi connectivity index (χ1n) is 9.77. The van der Waals surface area contributed by atoms with E-state index in [2.05, 4.69) is 15.6 Å². The van der Waals surface area contributed by atoms with Gasteiger partial charge in [0, 0.05) is 29.7 Å². The molecule has 31 heavy (non-hydrogen) atoms. The van der Waals surface area contributed by atoms with Gasteiger partial charge in [-0.25, -0.2) is 8.78 Å². The average molecular weight is 451 g/mol. The van der Waals surface area contributed by atoms with Gasteiger partial charge in [0.1, 0.15) is 36.7 Å². The zero-order valence-corrected chi connectivity index (χ0v) is 17.8. The fourth-order valence-electron chi connectivity index (χ4n) is 3.67. The summed E-state index contributed by atoms with van der Waals surface area (Å²) in [5.74, 6) is 0.150. The van der Waals surface area contributed by atoms with Crippen LogP contribution in [0.25, 0.3) is 10.9 Å². The number of morpholine rings is 1. The molecule has 6 nitrogen and oxygen atoms in total. The molecule has 0 bridgehead atoms. The van der Waals surface area contributed by atoms with Crippen LogP contribution in [0, 0.1) is 5.82 Å². The summed E-state index contributed by atoms with van der Waals surface area (Å²) in [4.78, 5) is 4.45. The third-order valence-electron chi connectivity index (χ3n) is 5.07. The molecular weight excluding hydrogens is 426 g/mol. The van der Waals surface area contributed by atoms with E-state index in [0.717, 1.165) is 16.6 Å². The Morgan fingerprint density at radius 1 is 1.32 bits per heavy atom. The van der Waals surface area contributed by atoms with E-state index in [9.17, 15) is 8.78 Å². The Bertz CT molecular complexity index is 1060. The number of ether oxygens (including phenoxy) is 2.